The lowest BCUT2D eigenvalue weighted by Gasteiger charge is -2.09. The summed E-state index contributed by atoms with van der Waals surface area (Å²) in [6.07, 6.45) is 0. The van der Waals surface area contributed by atoms with E-state index in [9.17, 15) is 5.26 Å². The minimum Gasteiger partial charge on any atom is -0.456 e. The second-order valence-electron chi connectivity index (χ2n) is 13.7. The zero-order valence-corrected chi connectivity index (χ0v) is 28.5. The van der Waals surface area contributed by atoms with E-state index in [0.29, 0.717) is 5.56 Å². The van der Waals surface area contributed by atoms with Gasteiger partial charge in [0.1, 0.15) is 11.2 Å². The highest BCUT2D eigenvalue weighted by Gasteiger charge is 2.17. The van der Waals surface area contributed by atoms with Crippen LogP contribution in [0, 0.1) is 11.3 Å². The molecule has 0 bridgehead atoms. The van der Waals surface area contributed by atoms with Gasteiger partial charge in [-0.05, 0) is 119 Å². The Morgan fingerprint density at radius 1 is 0.358 bits per heavy atom. The van der Waals surface area contributed by atoms with E-state index < -0.39 is 0 Å². The van der Waals surface area contributed by atoms with E-state index in [1.54, 1.807) is 6.07 Å². The molecule has 3 heterocycles. The lowest BCUT2D eigenvalue weighted by Crippen LogP contribution is -1.93. The van der Waals surface area contributed by atoms with Gasteiger partial charge in [-0.1, -0.05) is 78.9 Å². The molecule has 11 rings (SSSR count). The first-order valence-corrected chi connectivity index (χ1v) is 17.8. The highest BCUT2D eigenvalue weighted by Crippen LogP contribution is 2.40. The number of nitrogens with zero attached hydrogens (tertiary/aromatic N) is 3. The van der Waals surface area contributed by atoms with E-state index in [-0.39, 0.29) is 0 Å². The first-order chi connectivity index (χ1) is 26.2. The fourth-order valence-corrected chi connectivity index (χ4v) is 8.27. The van der Waals surface area contributed by atoms with Crippen molar-refractivity contribution in [2.75, 3.05) is 0 Å². The maximum Gasteiger partial charge on any atom is 0.135 e. The second-order valence-corrected chi connectivity index (χ2v) is 13.7. The zero-order chi connectivity index (χ0) is 35.0. The van der Waals surface area contributed by atoms with Gasteiger partial charge in [0.2, 0.25) is 0 Å². The van der Waals surface area contributed by atoms with Crippen molar-refractivity contribution in [2.24, 2.45) is 0 Å². The van der Waals surface area contributed by atoms with Gasteiger partial charge in [-0.15, -0.1) is 0 Å². The monoisotopic (exact) mass is 675 g/mol. The van der Waals surface area contributed by atoms with Crippen molar-refractivity contribution in [2.45, 2.75) is 0 Å². The largest absolute Gasteiger partial charge is 0.456 e. The summed E-state index contributed by atoms with van der Waals surface area (Å²) < 4.78 is 10.9. The van der Waals surface area contributed by atoms with Crippen LogP contribution in [0.3, 0.4) is 0 Å². The van der Waals surface area contributed by atoms with Crippen molar-refractivity contribution in [3.63, 3.8) is 0 Å². The lowest BCUT2D eigenvalue weighted by molar-refractivity contribution is 0.669. The van der Waals surface area contributed by atoms with Gasteiger partial charge in [0.25, 0.3) is 0 Å². The number of fused-ring (bicyclic) bond motifs is 9. The third-order valence-electron chi connectivity index (χ3n) is 10.7. The van der Waals surface area contributed by atoms with E-state index in [0.717, 1.165) is 55.5 Å². The molecule has 0 amide bonds. The number of nitriles is 1. The average molecular weight is 676 g/mol. The Kier molecular flexibility index (Phi) is 6.28. The summed E-state index contributed by atoms with van der Waals surface area (Å²) in [5.41, 5.74) is 13.8. The molecule has 0 N–H and O–H groups in total. The summed E-state index contributed by atoms with van der Waals surface area (Å²) >= 11 is 0. The van der Waals surface area contributed by atoms with Gasteiger partial charge in [-0.2, -0.15) is 5.26 Å². The molecular formula is C49H29N3O. The Morgan fingerprint density at radius 3 is 1.32 bits per heavy atom. The van der Waals surface area contributed by atoms with Gasteiger partial charge in [0, 0.05) is 43.7 Å². The summed E-state index contributed by atoms with van der Waals surface area (Å²) in [7, 11) is 0. The van der Waals surface area contributed by atoms with Crippen LogP contribution in [0.5, 0.6) is 0 Å². The third kappa shape index (κ3) is 4.48. The first-order valence-electron chi connectivity index (χ1n) is 17.8. The minimum atomic E-state index is 0.623. The summed E-state index contributed by atoms with van der Waals surface area (Å²) in [4.78, 5) is 0. The van der Waals surface area contributed by atoms with Crippen LogP contribution >= 0.6 is 0 Å². The van der Waals surface area contributed by atoms with E-state index >= 15 is 0 Å². The molecular weight excluding hydrogens is 647 g/mol. The number of para-hydroxylation sites is 3. The van der Waals surface area contributed by atoms with Crippen molar-refractivity contribution in [1.29, 1.82) is 5.26 Å². The Balaban J connectivity index is 1.11. The molecule has 53 heavy (non-hydrogen) atoms. The number of hydrogen-bond acceptors (Lipinski definition) is 2. The topological polar surface area (TPSA) is 46.8 Å². The Labute approximate surface area is 304 Å². The lowest BCUT2D eigenvalue weighted by atomic mass is 9.98. The molecule has 246 valence electrons. The third-order valence-corrected chi connectivity index (χ3v) is 10.7. The minimum absolute atomic E-state index is 0.623. The van der Waals surface area contributed by atoms with E-state index in [2.05, 4.69) is 167 Å². The van der Waals surface area contributed by atoms with Crippen molar-refractivity contribution in [3.8, 4) is 39.7 Å². The molecule has 0 saturated carbocycles. The van der Waals surface area contributed by atoms with Gasteiger partial charge in [0.05, 0.1) is 33.7 Å². The Bertz CT molecular complexity index is 3280. The van der Waals surface area contributed by atoms with E-state index in [1.807, 2.05) is 18.2 Å². The van der Waals surface area contributed by atoms with Crippen molar-refractivity contribution in [1.82, 2.24) is 9.13 Å². The van der Waals surface area contributed by atoms with Crippen molar-refractivity contribution in [3.05, 3.63) is 181 Å². The quantitative estimate of drug-likeness (QED) is 0.186. The molecule has 0 radical (unpaired) electrons. The maximum absolute atomic E-state index is 9.55. The van der Waals surface area contributed by atoms with Gasteiger partial charge in [-0.3, -0.25) is 0 Å². The average Bonchev–Trinajstić information content (AvgIpc) is 3.87. The number of furan rings is 1. The van der Waals surface area contributed by atoms with Crippen LogP contribution in [0.4, 0.5) is 0 Å². The molecule has 11 aromatic rings. The van der Waals surface area contributed by atoms with Gasteiger partial charge < -0.3 is 13.6 Å². The van der Waals surface area contributed by atoms with Crippen LogP contribution in [0.1, 0.15) is 5.56 Å². The summed E-state index contributed by atoms with van der Waals surface area (Å²) in [5.74, 6) is 0. The molecule has 0 aliphatic heterocycles. The van der Waals surface area contributed by atoms with Crippen LogP contribution in [0.2, 0.25) is 0 Å². The maximum atomic E-state index is 9.55. The second kappa shape index (κ2) is 11.3. The standard InChI is InChI=1S/C49H29N3O/c50-30-31-15-23-48-42(25-31)43-29-35(19-24-49(43)53-48)34-18-22-47-41(28-34)40-27-33(17-21-46(40)52(47)37-11-5-2-6-12-37)32-16-20-45-39(26-32)38-13-7-8-14-44(38)51(45)36-9-3-1-4-10-36/h1-29H. The SMILES string of the molecule is N#Cc1ccc2oc3ccc(-c4ccc5c(c4)c4cc(-c6ccc7c(c6)c6ccccc6n7-c6ccccc6)ccc4n5-c4ccccc4)cc3c2c1. The summed E-state index contributed by atoms with van der Waals surface area (Å²) in [5, 5.41) is 16.4. The predicted molar refractivity (Wildman–Crippen MR) is 218 cm³/mol. The van der Waals surface area contributed by atoms with E-state index in [1.165, 1.54) is 43.7 Å². The van der Waals surface area contributed by atoms with Crippen molar-refractivity contribution >= 4 is 65.6 Å². The highest BCUT2D eigenvalue weighted by atomic mass is 16.3. The molecule has 4 nitrogen and oxygen atoms in total. The van der Waals surface area contributed by atoms with Crippen LogP contribution in [-0.2, 0) is 0 Å². The summed E-state index contributed by atoms with van der Waals surface area (Å²) in [6.45, 7) is 0. The summed E-state index contributed by atoms with van der Waals surface area (Å²) in [6, 6.07) is 64.6. The molecule has 8 aromatic carbocycles. The Hall–Kier alpha value is -7.35. The fraction of sp³-hybridized carbons (Fsp3) is 0. The molecule has 4 heteroatoms. The Morgan fingerprint density at radius 2 is 0.774 bits per heavy atom. The molecule has 0 aliphatic carbocycles. The molecule has 0 spiro atoms. The molecule has 3 aromatic heterocycles. The number of hydrogen-bond donors (Lipinski definition) is 0. The van der Waals surface area contributed by atoms with Gasteiger partial charge in [0.15, 0.2) is 0 Å². The van der Waals surface area contributed by atoms with Crippen LogP contribution in [0.15, 0.2) is 180 Å². The molecule has 0 atom stereocenters. The predicted octanol–water partition coefficient (Wildman–Crippen LogP) is 13.0. The van der Waals surface area contributed by atoms with E-state index in [4.69, 9.17) is 4.42 Å². The van der Waals surface area contributed by atoms with Crippen LogP contribution in [-0.4, -0.2) is 9.13 Å². The highest BCUT2D eigenvalue weighted by molar-refractivity contribution is 6.14. The smallest absolute Gasteiger partial charge is 0.135 e. The normalized spacial score (nSPS) is 11.8. The van der Waals surface area contributed by atoms with Crippen molar-refractivity contribution < 1.29 is 4.42 Å². The number of rotatable bonds is 4. The molecule has 0 unspecified atom stereocenters. The van der Waals surface area contributed by atoms with Gasteiger partial charge >= 0.3 is 0 Å². The molecule has 0 fully saturated rings. The zero-order valence-electron chi connectivity index (χ0n) is 28.5. The number of benzene rings is 8. The molecule has 0 aliphatic rings. The van der Waals surface area contributed by atoms with Crippen LogP contribution < -0.4 is 0 Å². The van der Waals surface area contributed by atoms with Crippen LogP contribution in [0.25, 0.3) is 99.2 Å². The fourth-order valence-electron chi connectivity index (χ4n) is 8.27. The first kappa shape index (κ1) is 29.4. The molecule has 0 saturated heterocycles. The number of aromatic nitrogens is 2. The van der Waals surface area contributed by atoms with Gasteiger partial charge in [-0.25, -0.2) is 0 Å².